The highest BCUT2D eigenvalue weighted by Crippen LogP contribution is 2.15. The normalized spacial score (nSPS) is 15.1. The lowest BCUT2D eigenvalue weighted by atomic mass is 10.2. The monoisotopic (exact) mass is 406 g/mol. The molecule has 1 heterocycles. The molecule has 2 N–H and O–H groups in total. The van der Waals surface area contributed by atoms with Crippen molar-refractivity contribution in [2.45, 2.75) is 0 Å². The second kappa shape index (κ2) is 9.53. The van der Waals surface area contributed by atoms with Crippen molar-refractivity contribution in [3.63, 3.8) is 0 Å². The van der Waals surface area contributed by atoms with Crippen molar-refractivity contribution >= 4 is 23.2 Å². The van der Waals surface area contributed by atoms with E-state index in [0.717, 1.165) is 18.2 Å². The number of amides is 2. The molecule has 1 aliphatic heterocycles. The maximum Gasteiger partial charge on any atom is 0.238 e. The predicted octanol–water partition coefficient (Wildman–Crippen LogP) is 2.30. The highest BCUT2D eigenvalue weighted by Gasteiger charge is 2.21. The number of carbonyl (C=O) groups excluding carboxylic acids is 2. The van der Waals surface area contributed by atoms with Crippen LogP contribution >= 0.6 is 0 Å². The molecule has 2 aromatic carbocycles. The summed E-state index contributed by atoms with van der Waals surface area (Å²) in [6, 6.07) is 8.41. The Bertz CT molecular complexity index is 869. The van der Waals surface area contributed by atoms with Crippen LogP contribution in [-0.2, 0) is 9.59 Å². The number of hydrogen-bond donors (Lipinski definition) is 2. The molecule has 1 aliphatic rings. The first kappa shape index (κ1) is 20.8. The Morgan fingerprint density at radius 3 is 1.86 bits per heavy atom. The Labute approximate surface area is 166 Å². The molecule has 1 saturated heterocycles. The van der Waals surface area contributed by atoms with E-state index in [4.69, 9.17) is 0 Å². The average Bonchev–Trinajstić information content (AvgIpc) is 2.68. The van der Waals surface area contributed by atoms with Gasteiger partial charge >= 0.3 is 0 Å². The molecule has 154 valence electrons. The van der Waals surface area contributed by atoms with Crippen molar-refractivity contribution in [3.8, 4) is 0 Å². The summed E-state index contributed by atoms with van der Waals surface area (Å²) in [7, 11) is 0. The average molecular weight is 406 g/mol. The molecule has 0 radical (unpaired) electrons. The smallest absolute Gasteiger partial charge is 0.238 e. The number of benzene rings is 2. The van der Waals surface area contributed by atoms with E-state index in [9.17, 15) is 22.8 Å². The van der Waals surface area contributed by atoms with E-state index in [-0.39, 0.29) is 30.5 Å². The quantitative estimate of drug-likeness (QED) is 0.773. The highest BCUT2D eigenvalue weighted by atomic mass is 19.1. The van der Waals surface area contributed by atoms with E-state index in [0.29, 0.717) is 31.9 Å². The van der Waals surface area contributed by atoms with Crippen molar-refractivity contribution in [1.29, 1.82) is 0 Å². The van der Waals surface area contributed by atoms with Crippen molar-refractivity contribution in [3.05, 3.63) is 59.9 Å². The first-order chi connectivity index (χ1) is 13.9. The van der Waals surface area contributed by atoms with Crippen LogP contribution in [0.1, 0.15) is 0 Å². The topological polar surface area (TPSA) is 64.7 Å². The van der Waals surface area contributed by atoms with Crippen molar-refractivity contribution in [1.82, 2.24) is 9.80 Å². The summed E-state index contributed by atoms with van der Waals surface area (Å²) in [5.41, 5.74) is 0.336. The number of piperazine rings is 1. The van der Waals surface area contributed by atoms with Gasteiger partial charge in [-0.2, -0.15) is 0 Å². The second-order valence-corrected chi connectivity index (χ2v) is 6.78. The zero-order valence-electron chi connectivity index (χ0n) is 15.6. The predicted molar refractivity (Wildman–Crippen MR) is 103 cm³/mol. The first-order valence-corrected chi connectivity index (χ1v) is 9.14. The van der Waals surface area contributed by atoms with Gasteiger partial charge in [-0.1, -0.05) is 0 Å². The van der Waals surface area contributed by atoms with E-state index < -0.39 is 17.5 Å². The van der Waals surface area contributed by atoms with Crippen molar-refractivity contribution in [2.75, 3.05) is 49.9 Å². The summed E-state index contributed by atoms with van der Waals surface area (Å²) >= 11 is 0. The van der Waals surface area contributed by atoms with Gasteiger partial charge in [0.25, 0.3) is 0 Å². The van der Waals surface area contributed by atoms with Gasteiger partial charge in [0.05, 0.1) is 18.8 Å². The number of nitrogens with zero attached hydrogens (tertiary/aromatic N) is 2. The third kappa shape index (κ3) is 6.30. The molecule has 0 unspecified atom stereocenters. The molecule has 6 nitrogen and oxygen atoms in total. The molecule has 0 aliphatic carbocycles. The van der Waals surface area contributed by atoms with Gasteiger partial charge in [0, 0.05) is 37.9 Å². The fraction of sp³-hybridized carbons (Fsp3) is 0.300. The van der Waals surface area contributed by atoms with Gasteiger partial charge < -0.3 is 10.6 Å². The molecule has 2 aromatic rings. The van der Waals surface area contributed by atoms with E-state index in [2.05, 4.69) is 10.6 Å². The van der Waals surface area contributed by atoms with Crippen LogP contribution in [-0.4, -0.2) is 60.9 Å². The molecular formula is C20H21F3N4O2. The zero-order chi connectivity index (χ0) is 20.8. The van der Waals surface area contributed by atoms with Crippen LogP contribution in [0.2, 0.25) is 0 Å². The van der Waals surface area contributed by atoms with Gasteiger partial charge in [-0.15, -0.1) is 0 Å². The third-order valence-corrected chi connectivity index (χ3v) is 4.53. The molecule has 0 bridgehead atoms. The summed E-state index contributed by atoms with van der Waals surface area (Å²) in [4.78, 5) is 28.0. The Balaban J connectivity index is 1.40. The van der Waals surface area contributed by atoms with Gasteiger partial charge in [-0.25, -0.2) is 13.2 Å². The summed E-state index contributed by atoms with van der Waals surface area (Å²) in [6.07, 6.45) is 0. The number of hydrogen-bond acceptors (Lipinski definition) is 4. The number of carbonyl (C=O) groups is 2. The van der Waals surface area contributed by atoms with Crippen LogP contribution in [0.15, 0.2) is 42.5 Å². The number of halogens is 3. The van der Waals surface area contributed by atoms with E-state index in [1.807, 2.05) is 9.80 Å². The van der Waals surface area contributed by atoms with Gasteiger partial charge in [0.2, 0.25) is 11.8 Å². The van der Waals surface area contributed by atoms with Gasteiger partial charge in [-0.3, -0.25) is 19.4 Å². The minimum absolute atomic E-state index is 0.0472. The van der Waals surface area contributed by atoms with Gasteiger partial charge in [0.1, 0.15) is 17.5 Å². The maximum atomic E-state index is 13.6. The van der Waals surface area contributed by atoms with E-state index in [1.54, 1.807) is 0 Å². The summed E-state index contributed by atoms with van der Waals surface area (Å²) in [5.74, 6) is -2.34. The van der Waals surface area contributed by atoms with Gasteiger partial charge in [0.15, 0.2) is 0 Å². The van der Waals surface area contributed by atoms with Crippen molar-refractivity contribution in [2.24, 2.45) is 0 Å². The second-order valence-electron chi connectivity index (χ2n) is 6.78. The van der Waals surface area contributed by atoms with Crippen molar-refractivity contribution < 1.29 is 22.8 Å². The summed E-state index contributed by atoms with van der Waals surface area (Å²) < 4.78 is 39.7. The molecule has 9 heteroatoms. The van der Waals surface area contributed by atoms with Gasteiger partial charge in [-0.05, 0) is 36.4 Å². The lowest BCUT2D eigenvalue weighted by Gasteiger charge is -2.33. The Kier molecular flexibility index (Phi) is 6.84. The fourth-order valence-electron chi connectivity index (χ4n) is 3.03. The molecular weight excluding hydrogens is 385 g/mol. The van der Waals surface area contributed by atoms with Crippen LogP contribution in [0.4, 0.5) is 24.5 Å². The summed E-state index contributed by atoms with van der Waals surface area (Å²) in [5, 5.41) is 5.08. The van der Waals surface area contributed by atoms with Crippen LogP contribution in [0.3, 0.4) is 0 Å². The molecule has 0 saturated carbocycles. The molecule has 0 atom stereocenters. The number of nitrogens with one attached hydrogen (secondary N) is 2. The maximum absolute atomic E-state index is 13.6. The minimum Gasteiger partial charge on any atom is -0.325 e. The van der Waals surface area contributed by atoms with E-state index >= 15 is 0 Å². The van der Waals surface area contributed by atoms with Crippen LogP contribution in [0.25, 0.3) is 0 Å². The number of anilines is 2. The lowest BCUT2D eigenvalue weighted by Crippen LogP contribution is -2.50. The molecule has 1 fully saturated rings. The largest absolute Gasteiger partial charge is 0.325 e. The molecule has 0 aromatic heterocycles. The SMILES string of the molecule is O=C(CN1CCN(CC(=O)Nc2cc(F)ccc2F)CC1)Nc1ccc(F)cc1. The zero-order valence-corrected chi connectivity index (χ0v) is 15.6. The van der Waals surface area contributed by atoms with Crippen LogP contribution < -0.4 is 10.6 Å². The number of rotatable bonds is 6. The fourth-order valence-corrected chi connectivity index (χ4v) is 3.03. The van der Waals surface area contributed by atoms with Crippen LogP contribution in [0.5, 0.6) is 0 Å². The Morgan fingerprint density at radius 1 is 0.759 bits per heavy atom. The molecule has 3 rings (SSSR count). The molecule has 2 amide bonds. The highest BCUT2D eigenvalue weighted by molar-refractivity contribution is 5.93. The standard InChI is InChI=1S/C20H21F3N4O2/c21-14-1-4-16(5-2-14)24-19(28)12-26-7-9-27(10-8-26)13-20(29)25-18-11-15(22)3-6-17(18)23/h1-6,11H,7-10,12-13H2,(H,24,28)(H,25,29). The summed E-state index contributed by atoms with van der Waals surface area (Å²) in [6.45, 7) is 2.51. The Hall–Kier alpha value is -2.91. The van der Waals surface area contributed by atoms with Crippen LogP contribution in [0, 0.1) is 17.5 Å². The third-order valence-electron chi connectivity index (χ3n) is 4.53. The molecule has 0 spiro atoms. The Morgan fingerprint density at radius 2 is 1.28 bits per heavy atom. The lowest BCUT2D eigenvalue weighted by molar-refractivity contribution is -0.120. The minimum atomic E-state index is -0.697. The molecule has 29 heavy (non-hydrogen) atoms. The first-order valence-electron chi connectivity index (χ1n) is 9.14. The van der Waals surface area contributed by atoms with E-state index in [1.165, 1.54) is 24.3 Å².